The molecule has 1 aliphatic rings. The number of pyridine rings is 1. The molecule has 1 aromatic carbocycles. The number of carbonyl (C=O) groups is 2. The molecule has 0 aliphatic carbocycles. The van der Waals surface area contributed by atoms with E-state index in [0.29, 0.717) is 18.9 Å². The SMILES string of the molecule is CN1CCN(C(=O)CNC(=O)Nc2ccc3ccc4ccnc4c3[nH]2)CC1. The zero-order valence-corrected chi connectivity index (χ0v) is 15.2. The molecular weight excluding hydrogens is 344 g/mol. The third-order valence-corrected chi connectivity index (χ3v) is 4.89. The Balaban J connectivity index is 1.38. The molecule has 3 amide bonds. The van der Waals surface area contributed by atoms with Crippen molar-refractivity contribution < 1.29 is 9.59 Å². The van der Waals surface area contributed by atoms with Gasteiger partial charge in [0.25, 0.3) is 0 Å². The Morgan fingerprint density at radius 2 is 1.81 bits per heavy atom. The van der Waals surface area contributed by atoms with E-state index < -0.39 is 6.03 Å². The van der Waals surface area contributed by atoms with Crippen LogP contribution in [0.15, 0.2) is 36.5 Å². The Hall–Kier alpha value is -3.13. The van der Waals surface area contributed by atoms with Gasteiger partial charge in [0.05, 0.1) is 17.6 Å². The van der Waals surface area contributed by atoms with Crippen LogP contribution in [0.1, 0.15) is 0 Å². The first-order chi connectivity index (χ1) is 13.1. The molecule has 8 heteroatoms. The molecule has 27 heavy (non-hydrogen) atoms. The monoisotopic (exact) mass is 366 g/mol. The molecule has 0 bridgehead atoms. The van der Waals surface area contributed by atoms with Crippen LogP contribution in [0.2, 0.25) is 0 Å². The highest BCUT2D eigenvalue weighted by Crippen LogP contribution is 2.23. The maximum absolute atomic E-state index is 12.2. The molecule has 8 nitrogen and oxygen atoms in total. The molecule has 1 aliphatic heterocycles. The molecule has 140 valence electrons. The number of likely N-dealkylation sites (N-methyl/N-ethyl adjacent to an activating group) is 1. The fourth-order valence-corrected chi connectivity index (χ4v) is 3.27. The molecule has 0 saturated carbocycles. The fourth-order valence-electron chi connectivity index (χ4n) is 3.27. The number of hydrogen-bond acceptors (Lipinski definition) is 4. The molecule has 2 aromatic heterocycles. The number of H-pyrrole nitrogens is 1. The van der Waals surface area contributed by atoms with Crippen LogP contribution in [0.5, 0.6) is 0 Å². The summed E-state index contributed by atoms with van der Waals surface area (Å²) in [5.41, 5.74) is 1.73. The average Bonchev–Trinajstić information content (AvgIpc) is 3.16. The number of rotatable bonds is 3. The number of carbonyl (C=O) groups excluding carboxylic acids is 2. The van der Waals surface area contributed by atoms with Gasteiger partial charge >= 0.3 is 6.03 Å². The Morgan fingerprint density at radius 3 is 2.63 bits per heavy atom. The topological polar surface area (TPSA) is 93.4 Å². The standard InChI is InChI=1S/C19H22N6O2/c1-24-8-10-25(11-9-24)16(26)12-21-19(27)23-15-5-4-13-2-3-14-6-7-20-17(14)18(13)22-15/h2-7,22H,8-12H2,1H3,(H2,21,23,27). The Labute approximate surface area is 156 Å². The van der Waals surface area contributed by atoms with Gasteiger partial charge in [-0.2, -0.15) is 0 Å². The molecule has 3 N–H and O–H groups in total. The number of hydrogen-bond donors (Lipinski definition) is 3. The second-order valence-electron chi connectivity index (χ2n) is 6.78. The molecule has 0 radical (unpaired) electrons. The van der Waals surface area contributed by atoms with Crippen molar-refractivity contribution >= 4 is 39.6 Å². The van der Waals surface area contributed by atoms with Gasteiger partial charge in [0.1, 0.15) is 5.82 Å². The molecule has 3 heterocycles. The predicted molar refractivity (Wildman–Crippen MR) is 105 cm³/mol. The van der Waals surface area contributed by atoms with Gasteiger partial charge in [0.2, 0.25) is 5.91 Å². The number of benzene rings is 1. The van der Waals surface area contributed by atoms with E-state index >= 15 is 0 Å². The van der Waals surface area contributed by atoms with Crippen molar-refractivity contribution in [1.82, 2.24) is 25.1 Å². The van der Waals surface area contributed by atoms with Crippen molar-refractivity contribution in [2.24, 2.45) is 0 Å². The molecule has 1 saturated heterocycles. The van der Waals surface area contributed by atoms with E-state index in [1.807, 2.05) is 31.3 Å². The lowest BCUT2D eigenvalue weighted by atomic mass is 10.1. The second kappa shape index (κ2) is 7.24. The van der Waals surface area contributed by atoms with Crippen molar-refractivity contribution in [3.63, 3.8) is 0 Å². The minimum atomic E-state index is -0.421. The van der Waals surface area contributed by atoms with Gasteiger partial charge in [-0.1, -0.05) is 12.1 Å². The average molecular weight is 366 g/mol. The summed E-state index contributed by atoms with van der Waals surface area (Å²) in [6.45, 7) is 3.08. The van der Waals surface area contributed by atoms with Crippen molar-refractivity contribution in [3.8, 4) is 0 Å². The normalized spacial score (nSPS) is 15.2. The number of piperazine rings is 1. The van der Waals surface area contributed by atoms with Crippen LogP contribution in [-0.4, -0.2) is 71.5 Å². The molecule has 0 spiro atoms. The Morgan fingerprint density at radius 1 is 1.07 bits per heavy atom. The number of fused-ring (bicyclic) bond motifs is 3. The van der Waals surface area contributed by atoms with Crippen LogP contribution >= 0.6 is 0 Å². The molecule has 0 atom stereocenters. The number of aromatic nitrogens is 2. The smallest absolute Gasteiger partial charge is 0.320 e. The summed E-state index contributed by atoms with van der Waals surface area (Å²) in [5, 5.41) is 7.42. The largest absolute Gasteiger partial charge is 0.339 e. The second-order valence-corrected chi connectivity index (χ2v) is 6.78. The highest BCUT2D eigenvalue weighted by atomic mass is 16.2. The van der Waals surface area contributed by atoms with Gasteiger partial charge in [0.15, 0.2) is 0 Å². The van der Waals surface area contributed by atoms with Gasteiger partial charge in [-0.15, -0.1) is 0 Å². The van der Waals surface area contributed by atoms with E-state index in [1.54, 1.807) is 17.2 Å². The van der Waals surface area contributed by atoms with Crippen molar-refractivity contribution in [2.75, 3.05) is 45.1 Å². The number of anilines is 1. The summed E-state index contributed by atoms with van der Waals surface area (Å²) >= 11 is 0. The van der Waals surface area contributed by atoms with Crippen LogP contribution in [0.4, 0.5) is 10.6 Å². The van der Waals surface area contributed by atoms with Crippen molar-refractivity contribution in [3.05, 3.63) is 36.5 Å². The molecule has 0 unspecified atom stereocenters. The summed E-state index contributed by atoms with van der Waals surface area (Å²) in [7, 11) is 2.03. The van der Waals surface area contributed by atoms with Crippen molar-refractivity contribution in [1.29, 1.82) is 0 Å². The van der Waals surface area contributed by atoms with Crippen LogP contribution in [-0.2, 0) is 4.79 Å². The van der Waals surface area contributed by atoms with E-state index in [2.05, 4.69) is 25.5 Å². The lowest BCUT2D eigenvalue weighted by Gasteiger charge is -2.32. The zero-order valence-electron chi connectivity index (χ0n) is 15.2. The summed E-state index contributed by atoms with van der Waals surface area (Å²) in [4.78, 5) is 35.9. The fraction of sp³-hybridized carbons (Fsp3) is 0.316. The highest BCUT2D eigenvalue weighted by molar-refractivity contribution is 6.04. The van der Waals surface area contributed by atoms with Crippen molar-refractivity contribution in [2.45, 2.75) is 0 Å². The molecule has 1 fully saturated rings. The van der Waals surface area contributed by atoms with Crippen LogP contribution < -0.4 is 10.6 Å². The Bertz CT molecular complexity index is 990. The Kier molecular flexibility index (Phi) is 4.64. The maximum Gasteiger partial charge on any atom is 0.320 e. The van der Waals surface area contributed by atoms with Crippen LogP contribution in [0.25, 0.3) is 21.8 Å². The highest BCUT2D eigenvalue weighted by Gasteiger charge is 2.19. The number of aromatic amines is 1. The first kappa shape index (κ1) is 17.3. The lowest BCUT2D eigenvalue weighted by Crippen LogP contribution is -2.50. The first-order valence-electron chi connectivity index (χ1n) is 8.98. The number of nitrogens with one attached hydrogen (secondary N) is 3. The maximum atomic E-state index is 12.2. The van der Waals surface area contributed by atoms with Gasteiger partial charge < -0.3 is 20.1 Å². The quantitative estimate of drug-likeness (QED) is 0.657. The lowest BCUT2D eigenvalue weighted by molar-refractivity contribution is -0.131. The zero-order chi connectivity index (χ0) is 18.8. The van der Waals surface area contributed by atoms with Gasteiger partial charge in [-0.05, 0) is 25.2 Å². The minimum Gasteiger partial charge on any atom is -0.339 e. The minimum absolute atomic E-state index is 0.0161. The molecule has 4 rings (SSSR count). The molecular formula is C19H22N6O2. The van der Waals surface area contributed by atoms with E-state index in [0.717, 1.165) is 34.9 Å². The summed E-state index contributed by atoms with van der Waals surface area (Å²) in [6.07, 6.45) is 1.76. The third-order valence-electron chi connectivity index (χ3n) is 4.89. The van der Waals surface area contributed by atoms with E-state index in [1.165, 1.54) is 0 Å². The first-order valence-corrected chi connectivity index (χ1v) is 8.98. The van der Waals surface area contributed by atoms with Crippen LogP contribution in [0.3, 0.4) is 0 Å². The summed E-state index contributed by atoms with van der Waals surface area (Å²) < 4.78 is 0. The molecule has 3 aromatic rings. The number of urea groups is 1. The number of nitrogens with zero attached hydrogens (tertiary/aromatic N) is 3. The van der Waals surface area contributed by atoms with E-state index in [-0.39, 0.29) is 12.5 Å². The van der Waals surface area contributed by atoms with Crippen LogP contribution in [0, 0.1) is 0 Å². The van der Waals surface area contributed by atoms with E-state index in [9.17, 15) is 9.59 Å². The summed E-state index contributed by atoms with van der Waals surface area (Å²) in [5.74, 6) is 0.478. The third kappa shape index (κ3) is 3.70. The van der Waals surface area contributed by atoms with Gasteiger partial charge in [-0.3, -0.25) is 15.1 Å². The van der Waals surface area contributed by atoms with Gasteiger partial charge in [-0.25, -0.2) is 4.79 Å². The predicted octanol–water partition coefficient (Wildman–Crippen LogP) is 1.61. The van der Waals surface area contributed by atoms with Gasteiger partial charge in [0, 0.05) is 43.1 Å². The van der Waals surface area contributed by atoms with E-state index in [4.69, 9.17) is 0 Å². The number of amides is 3. The summed E-state index contributed by atoms with van der Waals surface area (Å²) in [6, 6.07) is 9.26.